The van der Waals surface area contributed by atoms with Gasteiger partial charge >= 0.3 is 0 Å². The normalized spacial score (nSPS) is 7.67. The molecule has 5 heteroatoms. The van der Waals surface area contributed by atoms with Gasteiger partial charge in [-0.3, -0.25) is 0 Å². The van der Waals surface area contributed by atoms with Crippen LogP contribution in [-0.4, -0.2) is 44.0 Å². The van der Waals surface area contributed by atoms with Gasteiger partial charge in [-0.05, 0) is 12.1 Å². The SMILES string of the molecule is O.O.[Mg].c1ccc2[nH]cnc2c1. The largest absolute Gasteiger partial charge is 0.412 e. The Bertz CT molecular complexity index is 293. The maximum atomic E-state index is 4.06. The summed E-state index contributed by atoms with van der Waals surface area (Å²) < 4.78 is 0. The van der Waals surface area contributed by atoms with Crippen molar-refractivity contribution < 1.29 is 11.0 Å². The fourth-order valence-corrected chi connectivity index (χ4v) is 0.880. The molecule has 0 aliphatic rings. The summed E-state index contributed by atoms with van der Waals surface area (Å²) in [7, 11) is 0. The predicted molar refractivity (Wildman–Crippen MR) is 49.1 cm³/mol. The van der Waals surface area contributed by atoms with Crippen molar-refractivity contribution in [3.63, 3.8) is 0 Å². The molecule has 0 saturated heterocycles. The quantitative estimate of drug-likeness (QED) is 0.543. The maximum absolute atomic E-state index is 4.06. The number of imidazole rings is 1. The van der Waals surface area contributed by atoms with Gasteiger partial charge in [0.05, 0.1) is 17.4 Å². The summed E-state index contributed by atoms with van der Waals surface area (Å²) in [5.41, 5.74) is 2.12. The molecule has 1 aromatic carbocycles. The third-order valence-corrected chi connectivity index (χ3v) is 1.33. The fraction of sp³-hybridized carbons (Fsp3) is 0. The molecule has 0 unspecified atom stereocenters. The molecule has 2 radical (unpaired) electrons. The number of aromatic nitrogens is 2. The van der Waals surface area contributed by atoms with Crippen LogP contribution >= 0.6 is 0 Å². The van der Waals surface area contributed by atoms with Crippen LogP contribution in [0.1, 0.15) is 0 Å². The van der Waals surface area contributed by atoms with Crippen molar-refractivity contribution in [2.75, 3.05) is 0 Å². The van der Waals surface area contributed by atoms with E-state index in [4.69, 9.17) is 0 Å². The summed E-state index contributed by atoms with van der Waals surface area (Å²) in [5, 5.41) is 0. The number of nitrogens with one attached hydrogen (secondary N) is 1. The van der Waals surface area contributed by atoms with Crippen molar-refractivity contribution in [1.29, 1.82) is 0 Å². The van der Waals surface area contributed by atoms with Gasteiger partial charge in [0.2, 0.25) is 0 Å². The van der Waals surface area contributed by atoms with Gasteiger partial charge in [0.15, 0.2) is 0 Å². The molecule has 0 atom stereocenters. The van der Waals surface area contributed by atoms with E-state index in [1.807, 2.05) is 24.3 Å². The zero-order valence-electron chi connectivity index (χ0n) is 6.54. The summed E-state index contributed by atoms with van der Waals surface area (Å²) in [6.45, 7) is 0. The molecule has 0 bridgehead atoms. The van der Waals surface area contributed by atoms with Gasteiger partial charge in [-0.2, -0.15) is 0 Å². The van der Waals surface area contributed by atoms with Gasteiger partial charge in [0.25, 0.3) is 0 Å². The standard InChI is InChI=1S/C7H6N2.Mg.2H2O/c1-2-4-7-6(3-1)8-5-9-7;;;/h1-5H,(H,8,9);;2*1H2. The maximum Gasteiger partial charge on any atom is 0.0931 e. The van der Waals surface area contributed by atoms with Crippen molar-refractivity contribution in [2.24, 2.45) is 0 Å². The fourth-order valence-electron chi connectivity index (χ4n) is 0.880. The molecule has 4 nitrogen and oxygen atoms in total. The third-order valence-electron chi connectivity index (χ3n) is 1.33. The van der Waals surface area contributed by atoms with Gasteiger partial charge in [0.1, 0.15) is 0 Å². The Morgan fingerprint density at radius 1 is 1.08 bits per heavy atom. The van der Waals surface area contributed by atoms with Gasteiger partial charge in [-0.15, -0.1) is 0 Å². The van der Waals surface area contributed by atoms with Crippen LogP contribution < -0.4 is 0 Å². The molecule has 5 N–H and O–H groups in total. The van der Waals surface area contributed by atoms with Crippen molar-refractivity contribution in [3.05, 3.63) is 30.6 Å². The van der Waals surface area contributed by atoms with Crippen molar-refractivity contribution in [2.45, 2.75) is 0 Å². The number of hydrogen-bond acceptors (Lipinski definition) is 1. The first-order valence-corrected chi connectivity index (χ1v) is 2.85. The van der Waals surface area contributed by atoms with Gasteiger partial charge in [0, 0.05) is 23.1 Å². The molecular weight excluding hydrogens is 168 g/mol. The smallest absolute Gasteiger partial charge is 0.0931 e. The van der Waals surface area contributed by atoms with Crippen molar-refractivity contribution >= 4 is 34.1 Å². The Labute approximate surface area is 85.8 Å². The van der Waals surface area contributed by atoms with E-state index in [1.165, 1.54) is 0 Å². The van der Waals surface area contributed by atoms with Crippen LogP contribution in [0.3, 0.4) is 0 Å². The minimum atomic E-state index is 0. The number of benzene rings is 1. The minimum absolute atomic E-state index is 0. The monoisotopic (exact) mass is 178 g/mol. The number of rotatable bonds is 0. The average Bonchev–Trinajstić information content (AvgIpc) is 2.33. The number of hydrogen-bond donors (Lipinski definition) is 1. The highest BCUT2D eigenvalue weighted by molar-refractivity contribution is 5.75. The molecule has 62 valence electrons. The summed E-state index contributed by atoms with van der Waals surface area (Å²) in [6.07, 6.45) is 1.70. The van der Waals surface area contributed by atoms with E-state index in [9.17, 15) is 0 Å². The Balaban J connectivity index is 0. The van der Waals surface area contributed by atoms with Crippen LogP contribution in [0, 0.1) is 0 Å². The molecule has 2 rings (SSSR count). The second-order valence-electron chi connectivity index (χ2n) is 1.92. The topological polar surface area (TPSA) is 91.7 Å². The summed E-state index contributed by atoms with van der Waals surface area (Å²) in [6, 6.07) is 7.94. The van der Waals surface area contributed by atoms with Gasteiger partial charge in [-0.25, -0.2) is 4.98 Å². The molecular formula is C7H10MgN2O2. The molecule has 0 saturated carbocycles. The zero-order valence-corrected chi connectivity index (χ0v) is 7.96. The first-order chi connectivity index (χ1) is 4.47. The summed E-state index contributed by atoms with van der Waals surface area (Å²) >= 11 is 0. The van der Waals surface area contributed by atoms with E-state index < -0.39 is 0 Å². The molecule has 0 fully saturated rings. The number of nitrogens with zero attached hydrogens (tertiary/aromatic N) is 1. The van der Waals surface area contributed by atoms with Crippen LogP contribution in [0.2, 0.25) is 0 Å². The molecule has 0 spiro atoms. The second kappa shape index (κ2) is 5.96. The first kappa shape index (κ1) is 13.9. The van der Waals surface area contributed by atoms with E-state index >= 15 is 0 Å². The highest BCUT2D eigenvalue weighted by atomic mass is 24.3. The number of para-hydroxylation sites is 2. The van der Waals surface area contributed by atoms with Crippen molar-refractivity contribution in [1.82, 2.24) is 9.97 Å². The van der Waals surface area contributed by atoms with E-state index in [2.05, 4.69) is 9.97 Å². The van der Waals surface area contributed by atoms with Crippen LogP contribution in [0.15, 0.2) is 30.6 Å². The molecule has 0 aliphatic heterocycles. The van der Waals surface area contributed by atoms with Crippen molar-refractivity contribution in [3.8, 4) is 0 Å². The van der Waals surface area contributed by atoms with Crippen LogP contribution in [0.4, 0.5) is 0 Å². The van der Waals surface area contributed by atoms with Gasteiger partial charge in [-0.1, -0.05) is 12.1 Å². The molecule has 0 amide bonds. The lowest BCUT2D eigenvalue weighted by Crippen LogP contribution is -1.63. The molecule has 12 heavy (non-hydrogen) atoms. The Hall–Kier alpha value is -0.624. The molecule has 1 heterocycles. The number of aromatic amines is 1. The molecule has 2 aromatic rings. The lowest BCUT2D eigenvalue weighted by atomic mass is 10.3. The minimum Gasteiger partial charge on any atom is -0.412 e. The van der Waals surface area contributed by atoms with Crippen LogP contribution in [0.5, 0.6) is 0 Å². The number of fused-ring (bicyclic) bond motifs is 1. The predicted octanol–water partition coefficient (Wildman–Crippen LogP) is -0.467. The van der Waals surface area contributed by atoms with Gasteiger partial charge < -0.3 is 15.9 Å². The summed E-state index contributed by atoms with van der Waals surface area (Å²) in [5.74, 6) is 0. The zero-order chi connectivity index (χ0) is 6.10. The average molecular weight is 178 g/mol. The Morgan fingerprint density at radius 3 is 2.42 bits per heavy atom. The highest BCUT2D eigenvalue weighted by Gasteiger charge is 1.88. The second-order valence-corrected chi connectivity index (χ2v) is 1.92. The number of H-pyrrole nitrogens is 1. The lowest BCUT2D eigenvalue weighted by Gasteiger charge is -1.81. The lowest BCUT2D eigenvalue weighted by molar-refractivity contribution is 0.823. The highest BCUT2D eigenvalue weighted by Crippen LogP contribution is 2.05. The Morgan fingerprint density at radius 2 is 1.75 bits per heavy atom. The summed E-state index contributed by atoms with van der Waals surface area (Å²) in [4.78, 5) is 7.07. The van der Waals surface area contributed by atoms with E-state index in [1.54, 1.807) is 6.33 Å². The first-order valence-electron chi connectivity index (χ1n) is 2.85. The van der Waals surface area contributed by atoms with Crippen LogP contribution in [0.25, 0.3) is 11.0 Å². The molecule has 1 aromatic heterocycles. The Kier molecular flexibility index (Phi) is 6.91. The van der Waals surface area contributed by atoms with Crippen LogP contribution in [-0.2, 0) is 0 Å². The third kappa shape index (κ3) is 2.45. The van der Waals surface area contributed by atoms with E-state index in [0.29, 0.717) is 0 Å². The van der Waals surface area contributed by atoms with E-state index in [-0.39, 0.29) is 34.0 Å². The van der Waals surface area contributed by atoms with E-state index in [0.717, 1.165) is 11.0 Å². The molecule has 0 aliphatic carbocycles.